The summed E-state index contributed by atoms with van der Waals surface area (Å²) in [5.74, 6) is -0.00223. The van der Waals surface area contributed by atoms with Crippen LogP contribution in [-0.2, 0) is 6.42 Å². The van der Waals surface area contributed by atoms with E-state index in [9.17, 15) is 13.2 Å². The molecular weight excluding hydrogens is 245 g/mol. The molecule has 7 heteroatoms. The average Bonchev–Trinajstić information content (AvgIpc) is 2.68. The largest absolute Gasteiger partial charge is 0.398 e. The maximum Gasteiger partial charge on any atom is 0.396 e. The number of nitrogens with zero attached hydrogens (tertiary/aromatic N) is 2. The van der Waals surface area contributed by atoms with Gasteiger partial charge in [-0.3, -0.25) is 5.10 Å². The highest BCUT2D eigenvalue weighted by molar-refractivity contribution is 5.63. The number of aryl methyl sites for hydroxylation is 1. The van der Waals surface area contributed by atoms with Gasteiger partial charge >= 0.3 is 6.18 Å². The van der Waals surface area contributed by atoms with Crippen molar-refractivity contribution in [3.05, 3.63) is 29.6 Å². The summed E-state index contributed by atoms with van der Waals surface area (Å²) in [6.45, 7) is 1.84. The number of anilines is 1. The van der Waals surface area contributed by atoms with Crippen LogP contribution in [0.5, 0.6) is 0 Å². The maximum absolute atomic E-state index is 12.2. The number of rotatable bonds is 2. The molecule has 0 aliphatic rings. The van der Waals surface area contributed by atoms with E-state index in [0.29, 0.717) is 11.3 Å². The highest BCUT2D eigenvalue weighted by atomic mass is 19.4. The number of benzene rings is 1. The molecule has 4 nitrogen and oxygen atoms in total. The van der Waals surface area contributed by atoms with Crippen molar-refractivity contribution in [1.29, 1.82) is 0 Å². The summed E-state index contributed by atoms with van der Waals surface area (Å²) >= 11 is 0. The van der Waals surface area contributed by atoms with Crippen molar-refractivity contribution in [2.75, 3.05) is 5.73 Å². The van der Waals surface area contributed by atoms with Gasteiger partial charge in [0.05, 0.1) is 0 Å². The van der Waals surface area contributed by atoms with E-state index in [1.54, 1.807) is 18.2 Å². The van der Waals surface area contributed by atoms with Gasteiger partial charge in [-0.1, -0.05) is 12.1 Å². The fourth-order valence-electron chi connectivity index (χ4n) is 1.47. The van der Waals surface area contributed by atoms with Crippen LogP contribution in [0.3, 0.4) is 0 Å². The van der Waals surface area contributed by atoms with Crippen LogP contribution in [0.1, 0.15) is 11.4 Å². The summed E-state index contributed by atoms with van der Waals surface area (Å²) in [7, 11) is 0. The molecule has 0 radical (unpaired) electrons. The molecule has 0 fully saturated rings. The number of alkyl halides is 3. The second kappa shape index (κ2) is 4.32. The molecule has 0 atom stereocenters. The second-order valence-corrected chi connectivity index (χ2v) is 3.97. The Morgan fingerprint density at radius 2 is 2.06 bits per heavy atom. The summed E-state index contributed by atoms with van der Waals surface area (Å²) in [5.41, 5.74) is 7.75. The summed E-state index contributed by atoms with van der Waals surface area (Å²) in [4.78, 5) is 3.79. The molecule has 1 aromatic carbocycles. The minimum atomic E-state index is -4.30. The topological polar surface area (TPSA) is 67.6 Å². The van der Waals surface area contributed by atoms with Gasteiger partial charge in [0.15, 0.2) is 5.82 Å². The summed E-state index contributed by atoms with van der Waals surface area (Å²) in [5, 5.41) is 6.02. The van der Waals surface area contributed by atoms with Crippen molar-refractivity contribution in [3.63, 3.8) is 0 Å². The molecule has 0 amide bonds. The molecule has 0 saturated heterocycles. The molecule has 0 bridgehead atoms. The highest BCUT2D eigenvalue weighted by Crippen LogP contribution is 2.23. The Morgan fingerprint density at radius 3 is 2.67 bits per heavy atom. The van der Waals surface area contributed by atoms with E-state index in [2.05, 4.69) is 15.2 Å². The third-order valence-electron chi connectivity index (χ3n) is 2.44. The van der Waals surface area contributed by atoms with Gasteiger partial charge in [0.1, 0.15) is 12.2 Å². The molecule has 0 spiro atoms. The SMILES string of the molecule is Cc1ccc(-c2n[nH]c(CC(F)(F)F)n2)cc1N. The fraction of sp³-hybridized carbons (Fsp3) is 0.273. The van der Waals surface area contributed by atoms with E-state index in [-0.39, 0.29) is 11.6 Å². The number of nitrogens with one attached hydrogen (secondary N) is 1. The van der Waals surface area contributed by atoms with Gasteiger partial charge in [0.25, 0.3) is 0 Å². The number of aromatic amines is 1. The number of halogens is 3. The van der Waals surface area contributed by atoms with E-state index in [1.807, 2.05) is 6.92 Å². The van der Waals surface area contributed by atoms with Crippen LogP contribution in [-0.4, -0.2) is 21.4 Å². The van der Waals surface area contributed by atoms with Gasteiger partial charge in [-0.05, 0) is 18.6 Å². The zero-order valence-corrected chi connectivity index (χ0v) is 9.54. The van der Waals surface area contributed by atoms with E-state index in [0.717, 1.165) is 5.56 Å². The second-order valence-electron chi connectivity index (χ2n) is 3.97. The Hall–Kier alpha value is -2.05. The number of nitrogens with two attached hydrogens (primary N) is 1. The minimum absolute atomic E-state index is 0.209. The van der Waals surface area contributed by atoms with Gasteiger partial charge in [0, 0.05) is 11.3 Å². The highest BCUT2D eigenvalue weighted by Gasteiger charge is 2.29. The molecule has 0 aliphatic carbocycles. The van der Waals surface area contributed by atoms with Gasteiger partial charge < -0.3 is 5.73 Å². The van der Waals surface area contributed by atoms with Crippen LogP contribution in [0.2, 0.25) is 0 Å². The Bertz CT molecular complexity index is 560. The Morgan fingerprint density at radius 1 is 1.33 bits per heavy atom. The van der Waals surface area contributed by atoms with Crippen LogP contribution in [0, 0.1) is 6.92 Å². The Balaban J connectivity index is 2.26. The van der Waals surface area contributed by atoms with E-state index >= 15 is 0 Å². The number of H-pyrrole nitrogens is 1. The quantitative estimate of drug-likeness (QED) is 0.811. The molecule has 18 heavy (non-hydrogen) atoms. The van der Waals surface area contributed by atoms with Crippen LogP contribution in [0.25, 0.3) is 11.4 Å². The third-order valence-corrected chi connectivity index (χ3v) is 2.44. The lowest BCUT2D eigenvalue weighted by Crippen LogP contribution is -2.12. The minimum Gasteiger partial charge on any atom is -0.398 e. The standard InChI is InChI=1S/C11H11F3N4/c1-6-2-3-7(4-8(6)15)10-16-9(17-18-10)5-11(12,13)14/h2-4H,5,15H2,1H3,(H,16,17,18). The van der Waals surface area contributed by atoms with Crippen LogP contribution >= 0.6 is 0 Å². The molecule has 2 rings (SSSR count). The van der Waals surface area contributed by atoms with Crippen LogP contribution in [0.15, 0.2) is 18.2 Å². The number of hydrogen-bond acceptors (Lipinski definition) is 3. The van der Waals surface area contributed by atoms with Crippen molar-refractivity contribution in [2.24, 2.45) is 0 Å². The number of nitrogen functional groups attached to an aromatic ring is 1. The number of aromatic nitrogens is 3. The zero-order chi connectivity index (χ0) is 13.3. The molecule has 96 valence electrons. The molecule has 3 N–H and O–H groups in total. The van der Waals surface area contributed by atoms with Gasteiger partial charge in [0.2, 0.25) is 0 Å². The third kappa shape index (κ3) is 2.79. The van der Waals surface area contributed by atoms with Gasteiger partial charge in [-0.25, -0.2) is 4.98 Å². The normalized spacial score (nSPS) is 11.8. The lowest BCUT2D eigenvalue weighted by atomic mass is 10.1. The molecule has 0 aliphatic heterocycles. The summed E-state index contributed by atoms with van der Waals surface area (Å²) in [6.07, 6.45) is -5.43. The molecule has 1 heterocycles. The van der Waals surface area contributed by atoms with Crippen molar-refractivity contribution < 1.29 is 13.2 Å². The van der Waals surface area contributed by atoms with E-state index in [1.165, 1.54) is 0 Å². The van der Waals surface area contributed by atoms with Crippen molar-refractivity contribution >= 4 is 5.69 Å². The summed E-state index contributed by atoms with van der Waals surface area (Å²) in [6, 6.07) is 5.12. The molecule has 2 aromatic rings. The van der Waals surface area contributed by atoms with Crippen molar-refractivity contribution in [1.82, 2.24) is 15.2 Å². The monoisotopic (exact) mass is 256 g/mol. The van der Waals surface area contributed by atoms with Crippen molar-refractivity contribution in [2.45, 2.75) is 19.5 Å². The van der Waals surface area contributed by atoms with Crippen LogP contribution < -0.4 is 5.73 Å². The average molecular weight is 256 g/mol. The first-order chi connectivity index (χ1) is 8.35. The van der Waals surface area contributed by atoms with E-state index < -0.39 is 12.6 Å². The van der Waals surface area contributed by atoms with Gasteiger partial charge in [-0.15, -0.1) is 0 Å². The lowest BCUT2D eigenvalue weighted by Gasteiger charge is -2.02. The Kier molecular flexibility index (Phi) is 2.98. The first-order valence-corrected chi connectivity index (χ1v) is 5.20. The lowest BCUT2D eigenvalue weighted by molar-refractivity contribution is -0.128. The molecule has 0 unspecified atom stereocenters. The first-order valence-electron chi connectivity index (χ1n) is 5.20. The Labute approximate surface area is 101 Å². The van der Waals surface area contributed by atoms with Crippen LogP contribution in [0.4, 0.5) is 18.9 Å². The zero-order valence-electron chi connectivity index (χ0n) is 9.54. The fourth-order valence-corrected chi connectivity index (χ4v) is 1.47. The first kappa shape index (κ1) is 12.4. The predicted molar refractivity (Wildman–Crippen MR) is 60.7 cm³/mol. The molecule has 0 saturated carbocycles. The predicted octanol–water partition coefficient (Wildman–Crippen LogP) is 2.47. The van der Waals surface area contributed by atoms with E-state index in [4.69, 9.17) is 5.73 Å². The molecule has 1 aromatic heterocycles. The maximum atomic E-state index is 12.2. The summed E-state index contributed by atoms with van der Waals surface area (Å²) < 4.78 is 36.5. The number of hydrogen-bond donors (Lipinski definition) is 2. The smallest absolute Gasteiger partial charge is 0.396 e. The molecular formula is C11H11F3N4. The van der Waals surface area contributed by atoms with Crippen molar-refractivity contribution in [3.8, 4) is 11.4 Å². The van der Waals surface area contributed by atoms with Gasteiger partial charge in [-0.2, -0.15) is 18.3 Å².